The van der Waals surface area contributed by atoms with E-state index in [2.05, 4.69) is 17.1 Å². The van der Waals surface area contributed by atoms with Gasteiger partial charge in [0.15, 0.2) is 0 Å². The molecular weight excluding hydrogens is 290 g/mol. The lowest BCUT2D eigenvalue weighted by Crippen LogP contribution is -2.45. The van der Waals surface area contributed by atoms with Gasteiger partial charge >= 0.3 is 6.09 Å². The Morgan fingerprint density at radius 1 is 1.43 bits per heavy atom. The normalized spacial score (nSPS) is 23.2. The number of hydrogen-bond donors (Lipinski definition) is 0. The molecule has 0 aromatic carbocycles. The zero-order chi connectivity index (χ0) is 16.6. The van der Waals surface area contributed by atoms with Gasteiger partial charge in [-0.3, -0.25) is 9.88 Å². The maximum Gasteiger partial charge on any atom is 0.411 e. The molecule has 1 fully saturated rings. The second-order valence-corrected chi connectivity index (χ2v) is 7.12. The summed E-state index contributed by atoms with van der Waals surface area (Å²) in [5.74, 6) is 0. The van der Waals surface area contributed by atoms with Crippen LogP contribution in [0.5, 0.6) is 0 Å². The largest absolute Gasteiger partial charge is 0.444 e. The topological polar surface area (TPSA) is 66.2 Å². The molecule has 2 aliphatic rings. The zero-order valence-corrected chi connectivity index (χ0v) is 13.7. The van der Waals surface area contributed by atoms with Crippen LogP contribution in [0.25, 0.3) is 5.57 Å². The molecule has 0 radical (unpaired) electrons. The highest BCUT2D eigenvalue weighted by atomic mass is 16.6. The van der Waals surface area contributed by atoms with Crippen molar-refractivity contribution in [3.05, 3.63) is 35.7 Å². The quantitative estimate of drug-likeness (QED) is 0.796. The first kappa shape index (κ1) is 15.5. The van der Waals surface area contributed by atoms with Gasteiger partial charge in [0.25, 0.3) is 0 Å². The number of nitrogens with zero attached hydrogens (tertiary/aromatic N) is 3. The van der Waals surface area contributed by atoms with E-state index >= 15 is 0 Å². The highest BCUT2D eigenvalue weighted by Gasteiger charge is 2.41. The van der Waals surface area contributed by atoms with Crippen LogP contribution in [-0.2, 0) is 4.74 Å². The van der Waals surface area contributed by atoms with Crippen LogP contribution in [0.3, 0.4) is 0 Å². The van der Waals surface area contributed by atoms with E-state index in [1.807, 2.05) is 31.7 Å². The summed E-state index contributed by atoms with van der Waals surface area (Å²) in [5.41, 5.74) is 2.08. The monoisotopic (exact) mass is 311 g/mol. The molecule has 0 N–H and O–H groups in total. The summed E-state index contributed by atoms with van der Waals surface area (Å²) in [6.07, 6.45) is 6.22. The van der Waals surface area contributed by atoms with Crippen molar-refractivity contribution in [3.63, 3.8) is 0 Å². The Balaban J connectivity index is 1.83. The third kappa shape index (κ3) is 3.21. The maximum absolute atomic E-state index is 12.4. The number of pyridine rings is 1. The van der Waals surface area contributed by atoms with Crippen molar-refractivity contribution in [1.82, 2.24) is 9.88 Å². The second kappa shape index (κ2) is 5.69. The fraction of sp³-hybridized carbons (Fsp3) is 0.500. The van der Waals surface area contributed by atoms with Gasteiger partial charge in [-0.1, -0.05) is 6.08 Å². The van der Waals surface area contributed by atoms with Gasteiger partial charge in [0.2, 0.25) is 0 Å². The van der Waals surface area contributed by atoms with E-state index in [1.165, 1.54) is 0 Å². The molecule has 0 spiro atoms. The van der Waals surface area contributed by atoms with E-state index in [4.69, 9.17) is 10.00 Å². The second-order valence-electron chi connectivity index (χ2n) is 7.12. The Bertz CT molecular complexity index is 697. The average Bonchev–Trinajstić information content (AvgIpc) is 2.76. The standard InChI is InChI=1S/C18H21N3O2/c1-18(2,3)23-17(22)21-14-4-5-15(21)10-13(9-14)16-8-12(11-19)6-7-20-16/h6-9,14-15H,4-5,10H2,1-3H3. The summed E-state index contributed by atoms with van der Waals surface area (Å²) < 4.78 is 5.53. The average molecular weight is 311 g/mol. The maximum atomic E-state index is 12.4. The van der Waals surface area contributed by atoms with Crippen molar-refractivity contribution in [1.29, 1.82) is 5.26 Å². The summed E-state index contributed by atoms with van der Waals surface area (Å²) in [6, 6.07) is 5.88. The summed E-state index contributed by atoms with van der Waals surface area (Å²) in [4.78, 5) is 18.7. The van der Waals surface area contributed by atoms with Gasteiger partial charge in [-0.25, -0.2) is 4.79 Å². The number of ether oxygens (including phenoxy) is 1. The van der Waals surface area contributed by atoms with Gasteiger partial charge < -0.3 is 4.74 Å². The predicted molar refractivity (Wildman–Crippen MR) is 86.4 cm³/mol. The summed E-state index contributed by atoms with van der Waals surface area (Å²) in [7, 11) is 0. The van der Waals surface area contributed by atoms with Crippen molar-refractivity contribution in [2.75, 3.05) is 0 Å². The molecule has 0 aliphatic carbocycles. The van der Waals surface area contributed by atoms with Gasteiger partial charge in [0.05, 0.1) is 23.4 Å². The van der Waals surface area contributed by atoms with Crippen molar-refractivity contribution < 1.29 is 9.53 Å². The van der Waals surface area contributed by atoms with Crippen molar-refractivity contribution >= 4 is 11.7 Å². The molecule has 2 unspecified atom stereocenters. The Labute approximate surface area is 136 Å². The number of hydrogen-bond acceptors (Lipinski definition) is 4. The molecule has 3 heterocycles. The van der Waals surface area contributed by atoms with Crippen molar-refractivity contribution in [2.45, 2.75) is 57.7 Å². The highest BCUT2D eigenvalue weighted by Crippen LogP contribution is 2.38. The minimum absolute atomic E-state index is 0.0612. The minimum Gasteiger partial charge on any atom is -0.444 e. The lowest BCUT2D eigenvalue weighted by atomic mass is 9.97. The first-order valence-corrected chi connectivity index (χ1v) is 7.96. The molecule has 5 nitrogen and oxygen atoms in total. The fourth-order valence-corrected chi connectivity index (χ4v) is 3.30. The van der Waals surface area contributed by atoms with E-state index in [0.29, 0.717) is 5.56 Å². The van der Waals surface area contributed by atoms with Gasteiger partial charge in [0, 0.05) is 12.2 Å². The number of carbonyl (C=O) groups excluding carboxylic acids is 1. The van der Waals surface area contributed by atoms with Crippen molar-refractivity contribution in [2.24, 2.45) is 0 Å². The Morgan fingerprint density at radius 3 is 2.87 bits per heavy atom. The number of aromatic nitrogens is 1. The first-order valence-electron chi connectivity index (χ1n) is 7.96. The van der Waals surface area contributed by atoms with Gasteiger partial charge in [-0.2, -0.15) is 5.26 Å². The van der Waals surface area contributed by atoms with Crippen LogP contribution >= 0.6 is 0 Å². The number of amides is 1. The summed E-state index contributed by atoms with van der Waals surface area (Å²) in [6.45, 7) is 5.65. The lowest BCUT2D eigenvalue weighted by Gasteiger charge is -2.35. The van der Waals surface area contributed by atoms with Crippen LogP contribution in [0.4, 0.5) is 4.79 Å². The van der Waals surface area contributed by atoms with Gasteiger partial charge in [-0.05, 0) is 57.7 Å². The molecule has 3 rings (SSSR count). The van der Waals surface area contributed by atoms with E-state index in [0.717, 1.165) is 30.5 Å². The number of rotatable bonds is 1. The third-order valence-corrected chi connectivity index (χ3v) is 4.22. The fourth-order valence-electron chi connectivity index (χ4n) is 3.30. The van der Waals surface area contributed by atoms with E-state index in [-0.39, 0.29) is 18.2 Å². The summed E-state index contributed by atoms with van der Waals surface area (Å²) >= 11 is 0. The third-order valence-electron chi connectivity index (χ3n) is 4.22. The molecule has 2 aliphatic heterocycles. The minimum atomic E-state index is -0.483. The molecule has 23 heavy (non-hydrogen) atoms. The molecule has 1 aromatic heterocycles. The van der Waals surface area contributed by atoms with E-state index in [1.54, 1.807) is 12.3 Å². The van der Waals surface area contributed by atoms with Crippen molar-refractivity contribution in [3.8, 4) is 6.07 Å². The first-order chi connectivity index (χ1) is 10.9. The Kier molecular flexibility index (Phi) is 3.85. The van der Waals surface area contributed by atoms with Crippen LogP contribution in [0, 0.1) is 11.3 Å². The van der Waals surface area contributed by atoms with Gasteiger partial charge in [0.1, 0.15) is 5.60 Å². The van der Waals surface area contributed by atoms with Crippen LogP contribution in [-0.4, -0.2) is 33.7 Å². The molecule has 1 saturated heterocycles. The Hall–Kier alpha value is -2.35. The van der Waals surface area contributed by atoms with Crippen LogP contribution in [0.1, 0.15) is 51.3 Å². The molecule has 2 bridgehead atoms. The number of nitriles is 1. The molecule has 5 heteroatoms. The molecule has 1 aromatic rings. The summed E-state index contributed by atoms with van der Waals surface area (Å²) in [5, 5.41) is 9.03. The molecule has 120 valence electrons. The van der Waals surface area contributed by atoms with E-state index in [9.17, 15) is 4.79 Å². The molecule has 0 saturated carbocycles. The van der Waals surface area contributed by atoms with Gasteiger partial charge in [-0.15, -0.1) is 0 Å². The van der Waals surface area contributed by atoms with Crippen LogP contribution in [0.15, 0.2) is 24.4 Å². The van der Waals surface area contributed by atoms with E-state index < -0.39 is 5.60 Å². The molecular formula is C18H21N3O2. The number of fused-ring (bicyclic) bond motifs is 2. The molecule has 2 atom stereocenters. The highest BCUT2D eigenvalue weighted by molar-refractivity contribution is 5.74. The molecule has 1 amide bonds. The predicted octanol–water partition coefficient (Wildman–Crippen LogP) is 3.51. The smallest absolute Gasteiger partial charge is 0.411 e. The van der Waals surface area contributed by atoms with Crippen LogP contribution in [0.2, 0.25) is 0 Å². The van der Waals surface area contributed by atoms with Crippen LogP contribution < -0.4 is 0 Å². The Morgan fingerprint density at radius 2 is 2.22 bits per heavy atom. The number of carbonyl (C=O) groups is 1. The lowest BCUT2D eigenvalue weighted by molar-refractivity contribution is 0.0175. The zero-order valence-electron chi connectivity index (χ0n) is 13.7. The SMILES string of the molecule is CC(C)(C)OC(=O)N1C2C=C(c3cc(C#N)ccn3)CC1CC2.